The fourth-order valence-corrected chi connectivity index (χ4v) is 1.74. The van der Waals surface area contributed by atoms with Crippen molar-refractivity contribution in [2.24, 2.45) is 0 Å². The van der Waals surface area contributed by atoms with Crippen LogP contribution in [0.3, 0.4) is 0 Å². The van der Waals surface area contributed by atoms with Crippen molar-refractivity contribution in [3.8, 4) is 0 Å². The van der Waals surface area contributed by atoms with Gasteiger partial charge in [0.15, 0.2) is 13.5 Å². The lowest BCUT2D eigenvalue weighted by Crippen LogP contribution is -2.43. The van der Waals surface area contributed by atoms with Crippen molar-refractivity contribution in [1.82, 2.24) is 9.80 Å². The van der Waals surface area contributed by atoms with E-state index in [2.05, 4.69) is 9.05 Å². The zero-order valence-electron chi connectivity index (χ0n) is 12.5. The lowest BCUT2D eigenvalue weighted by molar-refractivity contribution is -0.189. The molecule has 0 bridgehead atoms. The minimum atomic E-state index is -5.36. The molecule has 16 heteroatoms. The van der Waals surface area contributed by atoms with Crippen LogP contribution in [-0.4, -0.2) is 73.1 Å². The number of hydrogen-bond donors (Lipinski definition) is 0. The first kappa shape index (κ1) is 23.9. The summed E-state index contributed by atoms with van der Waals surface area (Å²) in [6, 6.07) is 0. The summed E-state index contributed by atoms with van der Waals surface area (Å²) in [7, 11) is -3.39. The summed E-state index contributed by atoms with van der Waals surface area (Å²) in [5.41, 5.74) is 0. The Morgan fingerprint density at radius 3 is 1.35 bits per heavy atom. The second-order valence-corrected chi connectivity index (χ2v) is 5.09. The molecule has 0 aromatic rings. The lowest BCUT2D eigenvalue weighted by atomic mass is 10.5. The van der Waals surface area contributed by atoms with Gasteiger partial charge in [0.1, 0.15) is 12.6 Å². The Morgan fingerprint density at radius 2 is 1.12 bits per heavy atom. The van der Waals surface area contributed by atoms with Gasteiger partial charge in [0, 0.05) is 4.57 Å². The zero-order valence-corrected chi connectivity index (χ0v) is 13.3. The Morgan fingerprint density at radius 1 is 0.808 bits per heavy atom. The molecule has 2 amide bonds. The van der Waals surface area contributed by atoms with Gasteiger partial charge in [-0.15, -0.1) is 0 Å². The van der Waals surface area contributed by atoms with Gasteiger partial charge in [-0.05, 0) is 0 Å². The third-order valence-corrected chi connectivity index (χ3v) is 2.94. The Labute approximate surface area is 141 Å². The normalized spacial score (nSPS) is 11.6. The molecule has 0 heterocycles. The van der Waals surface area contributed by atoms with Crippen molar-refractivity contribution in [2.75, 3.05) is 26.6 Å². The number of nitrogens with zero attached hydrogens (tertiary/aromatic N) is 2. The molecule has 0 spiro atoms. The second-order valence-electron chi connectivity index (χ2n) is 4.12. The highest BCUT2D eigenvalue weighted by Gasteiger charge is 2.45. The van der Waals surface area contributed by atoms with Crippen LogP contribution in [0.1, 0.15) is 0 Å². The number of halogens is 6. The van der Waals surface area contributed by atoms with E-state index in [1.807, 2.05) is 0 Å². The van der Waals surface area contributed by atoms with Crippen LogP contribution in [0.5, 0.6) is 0 Å². The molecule has 0 rings (SSSR count). The third-order valence-electron chi connectivity index (χ3n) is 2.29. The van der Waals surface area contributed by atoms with E-state index in [1.54, 1.807) is 0 Å². The molecule has 0 N–H and O–H groups in total. The first-order valence-electron chi connectivity index (χ1n) is 6.17. The number of rotatable bonds is 10. The van der Waals surface area contributed by atoms with Gasteiger partial charge in [0.2, 0.25) is 0 Å². The fourth-order valence-electron chi connectivity index (χ4n) is 1.20. The van der Waals surface area contributed by atoms with Crippen molar-refractivity contribution >= 4 is 32.6 Å². The monoisotopic (exact) mass is 415 g/mol. The standard InChI is InChI=1S/C10H10F6N2O7P/c11-9(12,13)7(21)17(1-3-19)5-24-26(23)25-6-18(2-4-20)8(22)10(14,15)16/h3-4H,1-2,5-6H2/q+1. The second kappa shape index (κ2) is 10.1. The largest absolute Gasteiger partial charge is 0.701 e. The Hall–Kier alpha value is -2.12. The maximum absolute atomic E-state index is 12.2. The van der Waals surface area contributed by atoms with Gasteiger partial charge in [-0.1, -0.05) is 9.05 Å². The van der Waals surface area contributed by atoms with E-state index >= 15 is 0 Å². The topological polar surface area (TPSA) is 110 Å². The molecule has 0 aliphatic rings. The Bertz CT molecular complexity index is 507. The molecule has 0 aromatic heterocycles. The summed E-state index contributed by atoms with van der Waals surface area (Å²) >= 11 is 0. The quantitative estimate of drug-likeness (QED) is 0.224. The van der Waals surface area contributed by atoms with E-state index in [0.29, 0.717) is 0 Å². The maximum Gasteiger partial charge on any atom is 0.701 e. The van der Waals surface area contributed by atoms with Gasteiger partial charge < -0.3 is 19.4 Å². The predicted octanol–water partition coefficient (Wildman–Crippen LogP) is 0.772. The van der Waals surface area contributed by atoms with Crippen molar-refractivity contribution in [3.05, 3.63) is 0 Å². The maximum atomic E-state index is 12.2. The molecule has 0 aliphatic heterocycles. The van der Waals surface area contributed by atoms with Crippen LogP contribution in [0, 0.1) is 0 Å². The number of hydrogen-bond acceptors (Lipinski definition) is 7. The smallest absolute Gasteiger partial charge is 0.301 e. The lowest BCUT2D eigenvalue weighted by Gasteiger charge is -2.19. The Balaban J connectivity index is 4.71. The van der Waals surface area contributed by atoms with Gasteiger partial charge in [0.25, 0.3) is 0 Å². The van der Waals surface area contributed by atoms with Crippen molar-refractivity contribution in [3.63, 3.8) is 0 Å². The van der Waals surface area contributed by atoms with E-state index < -0.39 is 59.0 Å². The van der Waals surface area contributed by atoms with E-state index in [1.165, 1.54) is 0 Å². The highest BCUT2D eigenvalue weighted by atomic mass is 31.1. The molecule has 0 saturated carbocycles. The van der Waals surface area contributed by atoms with Crippen LogP contribution in [0.4, 0.5) is 26.3 Å². The molecular formula is C10H10F6N2O7P+. The molecule has 0 unspecified atom stereocenters. The van der Waals surface area contributed by atoms with E-state index in [4.69, 9.17) is 0 Å². The highest BCUT2D eigenvalue weighted by Crippen LogP contribution is 2.27. The van der Waals surface area contributed by atoms with Crippen LogP contribution >= 0.6 is 8.25 Å². The molecule has 0 radical (unpaired) electrons. The van der Waals surface area contributed by atoms with Crippen molar-refractivity contribution in [2.45, 2.75) is 12.4 Å². The minimum absolute atomic E-state index is 0.0885. The van der Waals surface area contributed by atoms with Crippen LogP contribution < -0.4 is 0 Å². The molecule has 26 heavy (non-hydrogen) atoms. The predicted molar refractivity (Wildman–Crippen MR) is 67.2 cm³/mol. The molecule has 0 aliphatic carbocycles. The van der Waals surface area contributed by atoms with Gasteiger partial charge in [-0.25, -0.2) is 0 Å². The minimum Gasteiger partial charge on any atom is -0.301 e. The first-order chi connectivity index (χ1) is 11.8. The van der Waals surface area contributed by atoms with Crippen LogP contribution in [0.2, 0.25) is 0 Å². The van der Waals surface area contributed by atoms with E-state index in [-0.39, 0.29) is 22.4 Å². The van der Waals surface area contributed by atoms with Gasteiger partial charge in [-0.3, -0.25) is 9.59 Å². The summed E-state index contributed by atoms with van der Waals surface area (Å²) in [6.45, 7) is -4.84. The summed E-state index contributed by atoms with van der Waals surface area (Å²) in [5, 5.41) is 0. The van der Waals surface area contributed by atoms with Crippen LogP contribution in [0.15, 0.2) is 0 Å². The average Bonchev–Trinajstić information content (AvgIpc) is 2.52. The fraction of sp³-hybridized carbons (Fsp3) is 0.600. The SMILES string of the molecule is O=CCN(CO[P+](=O)OCN(CC=O)C(=O)C(F)(F)F)C(=O)C(F)(F)F. The number of amides is 2. The van der Waals surface area contributed by atoms with E-state index in [0.717, 1.165) is 0 Å². The summed E-state index contributed by atoms with van der Waals surface area (Å²) < 4.78 is 93.1. The molecule has 0 aromatic carbocycles. The number of carbonyl (C=O) groups is 4. The molecule has 9 nitrogen and oxygen atoms in total. The number of aldehydes is 2. The third kappa shape index (κ3) is 8.31. The van der Waals surface area contributed by atoms with Gasteiger partial charge in [-0.2, -0.15) is 26.3 Å². The Kier molecular flexibility index (Phi) is 9.31. The summed E-state index contributed by atoms with van der Waals surface area (Å²) in [4.78, 5) is 41.9. The number of alkyl halides is 6. The molecular weight excluding hydrogens is 405 g/mol. The van der Waals surface area contributed by atoms with Crippen LogP contribution in [0.25, 0.3) is 0 Å². The first-order valence-corrected chi connectivity index (χ1v) is 7.26. The van der Waals surface area contributed by atoms with Crippen LogP contribution in [-0.2, 0) is 32.8 Å². The average molecular weight is 415 g/mol. The molecule has 0 fully saturated rings. The van der Waals surface area contributed by atoms with Crippen molar-refractivity contribution in [1.29, 1.82) is 0 Å². The summed E-state index contributed by atoms with van der Waals surface area (Å²) in [5.74, 6) is -4.99. The van der Waals surface area contributed by atoms with Gasteiger partial charge >= 0.3 is 32.4 Å². The molecule has 0 saturated heterocycles. The summed E-state index contributed by atoms with van der Waals surface area (Å²) in [6.07, 6.45) is -10.9. The van der Waals surface area contributed by atoms with Crippen molar-refractivity contribution < 1.29 is 59.1 Å². The molecule has 148 valence electrons. The molecule has 0 atom stereocenters. The highest BCUT2D eigenvalue weighted by molar-refractivity contribution is 7.33. The van der Waals surface area contributed by atoms with Gasteiger partial charge in [0.05, 0.1) is 13.1 Å². The number of carbonyl (C=O) groups excluding carboxylic acids is 4. The zero-order chi connectivity index (χ0) is 20.5. The van der Waals surface area contributed by atoms with E-state index in [9.17, 15) is 50.1 Å².